The van der Waals surface area contributed by atoms with E-state index in [-0.39, 0.29) is 37.8 Å². The third kappa shape index (κ3) is 5.73. The number of hydrogen-bond donors (Lipinski definition) is 2. The lowest BCUT2D eigenvalue weighted by atomic mass is 9.93. The highest BCUT2D eigenvalue weighted by atomic mass is 19.1. The molecule has 1 amide bonds. The number of ether oxygens (including phenoxy) is 1. The lowest BCUT2D eigenvalue weighted by molar-refractivity contribution is 0.0674. The van der Waals surface area contributed by atoms with Crippen molar-refractivity contribution in [3.05, 3.63) is 101 Å². The maximum atomic E-state index is 15.1. The van der Waals surface area contributed by atoms with Crippen LogP contribution in [0.25, 0.3) is 11.3 Å². The van der Waals surface area contributed by atoms with E-state index in [1.807, 2.05) is 47.4 Å². The molecule has 3 heterocycles. The first-order valence-corrected chi connectivity index (χ1v) is 13.7. The molecule has 0 spiro atoms. The molecule has 9 heteroatoms. The van der Waals surface area contributed by atoms with Crippen molar-refractivity contribution in [2.45, 2.75) is 39.9 Å². The third-order valence-corrected chi connectivity index (χ3v) is 7.35. The number of aliphatic imine (C=N–C) groups is 1. The van der Waals surface area contributed by atoms with Crippen molar-refractivity contribution in [3.8, 4) is 17.0 Å². The fourth-order valence-corrected chi connectivity index (χ4v) is 5.53. The van der Waals surface area contributed by atoms with E-state index in [9.17, 15) is 4.79 Å². The largest absolute Gasteiger partial charge is 0.497 e. The minimum absolute atomic E-state index is 0. The number of methoxy groups -OCH3 is 1. The summed E-state index contributed by atoms with van der Waals surface area (Å²) in [5, 5.41) is 6.71. The molecule has 0 bridgehead atoms. The Bertz CT molecular complexity index is 1650. The van der Waals surface area contributed by atoms with Crippen molar-refractivity contribution >= 4 is 23.3 Å². The molecule has 6 rings (SSSR count). The summed E-state index contributed by atoms with van der Waals surface area (Å²) in [4.78, 5) is 29.8. The molecule has 1 saturated heterocycles. The molecule has 0 radical (unpaired) electrons. The molecule has 2 aliphatic rings. The first kappa shape index (κ1) is 28.9. The second kappa shape index (κ2) is 12.1. The molecular formula is C33H35FN6O2. The zero-order valence-electron chi connectivity index (χ0n) is 23.2. The van der Waals surface area contributed by atoms with Crippen LogP contribution in [-0.2, 0) is 6.54 Å². The van der Waals surface area contributed by atoms with Crippen molar-refractivity contribution in [1.29, 1.82) is 0 Å². The molecule has 2 aliphatic heterocycles. The van der Waals surface area contributed by atoms with Gasteiger partial charge in [0.2, 0.25) is 5.95 Å². The van der Waals surface area contributed by atoms with Gasteiger partial charge >= 0.3 is 0 Å². The molecule has 0 aliphatic carbocycles. The quantitative estimate of drug-likeness (QED) is 0.315. The van der Waals surface area contributed by atoms with Gasteiger partial charge in [0, 0.05) is 70.9 Å². The average molecular weight is 567 g/mol. The van der Waals surface area contributed by atoms with E-state index in [1.54, 1.807) is 31.5 Å². The number of rotatable bonds is 5. The van der Waals surface area contributed by atoms with Crippen LogP contribution in [0.2, 0.25) is 0 Å². The predicted molar refractivity (Wildman–Crippen MR) is 164 cm³/mol. The number of fused-ring (bicyclic) bond motifs is 3. The predicted octanol–water partition coefficient (Wildman–Crippen LogP) is 5.84. The van der Waals surface area contributed by atoms with E-state index in [1.165, 1.54) is 6.07 Å². The Kier molecular flexibility index (Phi) is 8.31. The monoisotopic (exact) mass is 566 g/mol. The number of piperazine rings is 1. The number of hydrogen-bond acceptors (Lipinski definition) is 7. The number of carbonyl (C=O) groups excluding carboxylic acids is 1. The summed E-state index contributed by atoms with van der Waals surface area (Å²) >= 11 is 0. The van der Waals surface area contributed by atoms with Crippen LogP contribution < -0.4 is 15.4 Å². The number of halogens is 1. The van der Waals surface area contributed by atoms with Gasteiger partial charge in [-0.3, -0.25) is 9.79 Å². The number of nitrogens with one attached hydrogen (secondary N) is 2. The van der Waals surface area contributed by atoms with Gasteiger partial charge in [-0.25, -0.2) is 14.4 Å². The Morgan fingerprint density at radius 3 is 2.55 bits per heavy atom. The molecule has 3 aromatic carbocycles. The second-order valence-electron chi connectivity index (χ2n) is 10.5. The van der Waals surface area contributed by atoms with E-state index in [4.69, 9.17) is 14.7 Å². The van der Waals surface area contributed by atoms with Gasteiger partial charge in [-0.15, -0.1) is 0 Å². The van der Waals surface area contributed by atoms with Crippen molar-refractivity contribution in [3.63, 3.8) is 0 Å². The number of aromatic nitrogens is 2. The highest BCUT2D eigenvalue weighted by molar-refractivity contribution is 6.17. The lowest BCUT2D eigenvalue weighted by Crippen LogP contribution is -2.55. The van der Waals surface area contributed by atoms with E-state index in [0.717, 1.165) is 16.8 Å². The van der Waals surface area contributed by atoms with Gasteiger partial charge in [0.15, 0.2) is 0 Å². The Morgan fingerprint density at radius 2 is 1.79 bits per heavy atom. The van der Waals surface area contributed by atoms with Crippen molar-refractivity contribution in [2.24, 2.45) is 4.99 Å². The van der Waals surface area contributed by atoms with Crippen LogP contribution in [0.5, 0.6) is 5.75 Å². The Morgan fingerprint density at radius 1 is 1.00 bits per heavy atom. The summed E-state index contributed by atoms with van der Waals surface area (Å²) in [5.41, 5.74) is 5.06. The van der Waals surface area contributed by atoms with Crippen LogP contribution >= 0.6 is 0 Å². The molecule has 2 unspecified atom stereocenters. The van der Waals surface area contributed by atoms with Gasteiger partial charge in [-0.05, 0) is 50.2 Å². The van der Waals surface area contributed by atoms with Gasteiger partial charge in [0.1, 0.15) is 11.6 Å². The third-order valence-electron chi connectivity index (χ3n) is 7.35. The van der Waals surface area contributed by atoms with E-state index in [2.05, 4.69) is 29.5 Å². The molecule has 216 valence electrons. The Labute approximate surface area is 245 Å². The van der Waals surface area contributed by atoms with Crippen molar-refractivity contribution < 1.29 is 13.9 Å². The standard InChI is InChI=1S/C32H31FN6O2.CH4/c1-19-17-39(18-20(2)36-19)31(40)21-11-12-25-27(13-21)30(26-9-4-5-10-28(26)33)34-15-22-16-35-32(38-29(22)25)37-23-7-6-8-24(14-23)41-3;/h4-14,16,19-20,36H,15,17-18H2,1-3H3,(H,35,37,38);1H4. The van der Waals surface area contributed by atoms with Crippen LogP contribution in [-0.4, -0.2) is 58.8 Å². The molecule has 8 nitrogen and oxygen atoms in total. The summed E-state index contributed by atoms with van der Waals surface area (Å²) in [5.74, 6) is 0.675. The molecule has 42 heavy (non-hydrogen) atoms. The number of amides is 1. The van der Waals surface area contributed by atoms with Gasteiger partial charge < -0.3 is 20.3 Å². The first-order chi connectivity index (χ1) is 19.9. The zero-order chi connectivity index (χ0) is 28.5. The molecule has 1 aromatic heterocycles. The SMILES string of the molecule is C.COc1cccc(Nc2ncc3c(n2)-c2ccc(C(=O)N4CC(C)NC(C)C4)cc2C(c2ccccc2F)=NC3)c1. The smallest absolute Gasteiger partial charge is 0.253 e. The van der Waals surface area contributed by atoms with E-state index >= 15 is 4.39 Å². The zero-order valence-corrected chi connectivity index (χ0v) is 23.2. The Hall–Kier alpha value is -4.63. The molecule has 4 aromatic rings. The van der Waals surface area contributed by atoms with Gasteiger partial charge in [0.25, 0.3) is 5.91 Å². The maximum absolute atomic E-state index is 15.1. The summed E-state index contributed by atoms with van der Waals surface area (Å²) in [6, 6.07) is 20.0. The van der Waals surface area contributed by atoms with Crippen LogP contribution in [0.15, 0.2) is 77.9 Å². The number of anilines is 2. The highest BCUT2D eigenvalue weighted by Gasteiger charge is 2.28. The number of carbonyl (C=O) groups is 1. The topological polar surface area (TPSA) is 91.7 Å². The number of nitrogens with zero attached hydrogens (tertiary/aromatic N) is 4. The van der Waals surface area contributed by atoms with Crippen LogP contribution in [0, 0.1) is 5.82 Å². The van der Waals surface area contributed by atoms with E-state index < -0.39 is 0 Å². The van der Waals surface area contributed by atoms with Gasteiger partial charge in [0.05, 0.1) is 25.1 Å². The molecule has 2 N–H and O–H groups in total. The second-order valence-corrected chi connectivity index (χ2v) is 10.5. The van der Waals surface area contributed by atoms with E-state index in [0.29, 0.717) is 52.9 Å². The Balaban J connectivity index is 0.00000353. The molecule has 0 saturated carbocycles. The fraction of sp³-hybridized carbons (Fsp3) is 0.273. The maximum Gasteiger partial charge on any atom is 0.253 e. The minimum Gasteiger partial charge on any atom is -0.497 e. The minimum atomic E-state index is -0.379. The normalized spacial score (nSPS) is 17.6. The van der Waals surface area contributed by atoms with Crippen molar-refractivity contribution in [1.82, 2.24) is 20.2 Å². The van der Waals surface area contributed by atoms with Crippen LogP contribution in [0.4, 0.5) is 16.0 Å². The summed E-state index contributed by atoms with van der Waals surface area (Å²) in [7, 11) is 1.62. The molecule has 2 atom stereocenters. The van der Waals surface area contributed by atoms with Gasteiger partial charge in [-0.1, -0.05) is 31.7 Å². The summed E-state index contributed by atoms with van der Waals surface area (Å²) in [6.07, 6.45) is 1.74. The first-order valence-electron chi connectivity index (χ1n) is 13.7. The van der Waals surface area contributed by atoms with Crippen LogP contribution in [0.3, 0.4) is 0 Å². The molecule has 1 fully saturated rings. The van der Waals surface area contributed by atoms with Crippen LogP contribution in [0.1, 0.15) is 48.3 Å². The summed E-state index contributed by atoms with van der Waals surface area (Å²) < 4.78 is 20.5. The highest BCUT2D eigenvalue weighted by Crippen LogP contribution is 2.34. The summed E-state index contributed by atoms with van der Waals surface area (Å²) in [6.45, 7) is 5.64. The van der Waals surface area contributed by atoms with Gasteiger partial charge in [-0.2, -0.15) is 0 Å². The average Bonchev–Trinajstić information content (AvgIpc) is 3.13. The lowest BCUT2D eigenvalue weighted by Gasteiger charge is -2.36. The molecular weight excluding hydrogens is 531 g/mol. The fourth-order valence-electron chi connectivity index (χ4n) is 5.53. The van der Waals surface area contributed by atoms with Crippen molar-refractivity contribution in [2.75, 3.05) is 25.5 Å². The number of benzene rings is 3.